The molecule has 1 fully saturated rings. The van der Waals surface area contributed by atoms with Gasteiger partial charge in [-0.15, -0.1) is 0 Å². The summed E-state index contributed by atoms with van der Waals surface area (Å²) in [7, 11) is 3.48. The molecule has 0 unspecified atom stereocenters. The zero-order valence-electron chi connectivity index (χ0n) is 15.7. The minimum absolute atomic E-state index is 0.0482. The summed E-state index contributed by atoms with van der Waals surface area (Å²) in [5.41, 5.74) is 3.31. The molecule has 1 saturated heterocycles. The molecule has 26 heavy (non-hydrogen) atoms. The van der Waals surface area contributed by atoms with Gasteiger partial charge in [0.25, 0.3) is 5.91 Å². The van der Waals surface area contributed by atoms with Crippen molar-refractivity contribution in [1.82, 2.24) is 19.6 Å². The molecule has 7 nitrogen and oxygen atoms in total. The van der Waals surface area contributed by atoms with Crippen molar-refractivity contribution >= 4 is 11.8 Å². The summed E-state index contributed by atoms with van der Waals surface area (Å²) in [6, 6.07) is 7.72. The lowest BCUT2D eigenvalue weighted by molar-refractivity contribution is -0.130. The van der Waals surface area contributed by atoms with Crippen molar-refractivity contribution in [3.8, 4) is 17.0 Å². The average molecular weight is 356 g/mol. The van der Waals surface area contributed by atoms with Gasteiger partial charge in [-0.1, -0.05) is 0 Å². The normalized spacial score (nSPS) is 14.5. The number of ether oxygens (including phenoxy) is 1. The molecule has 3 rings (SSSR count). The predicted octanol–water partition coefficient (Wildman–Crippen LogP) is 1.71. The van der Waals surface area contributed by atoms with Gasteiger partial charge < -0.3 is 14.5 Å². The van der Waals surface area contributed by atoms with Crippen LogP contribution in [0.3, 0.4) is 0 Å². The Labute approximate surface area is 153 Å². The summed E-state index contributed by atoms with van der Waals surface area (Å²) in [4.78, 5) is 27.7. The summed E-state index contributed by atoms with van der Waals surface area (Å²) < 4.78 is 7.03. The van der Waals surface area contributed by atoms with Crippen molar-refractivity contribution < 1.29 is 14.3 Å². The molecule has 0 saturated carbocycles. The number of hydrogen-bond acceptors (Lipinski definition) is 4. The fraction of sp³-hybridized carbons (Fsp3) is 0.421. The van der Waals surface area contributed by atoms with Crippen molar-refractivity contribution in [2.24, 2.45) is 7.05 Å². The molecule has 138 valence electrons. The van der Waals surface area contributed by atoms with Crippen molar-refractivity contribution in [2.75, 3.05) is 33.3 Å². The molecule has 1 aromatic heterocycles. The molecular weight excluding hydrogens is 332 g/mol. The maximum atomic E-state index is 12.8. The minimum Gasteiger partial charge on any atom is -0.496 e. The molecule has 2 aromatic rings. The van der Waals surface area contributed by atoms with E-state index in [0.29, 0.717) is 31.9 Å². The number of nitrogens with zero attached hydrogens (tertiary/aromatic N) is 4. The largest absolute Gasteiger partial charge is 0.496 e. The van der Waals surface area contributed by atoms with Gasteiger partial charge in [-0.2, -0.15) is 5.10 Å². The molecule has 0 N–H and O–H groups in total. The number of hydrogen-bond donors (Lipinski definition) is 0. The molecule has 0 spiro atoms. The van der Waals surface area contributed by atoms with Gasteiger partial charge in [0.15, 0.2) is 5.69 Å². The highest BCUT2D eigenvalue weighted by Gasteiger charge is 2.25. The molecule has 0 bridgehead atoms. The van der Waals surface area contributed by atoms with Gasteiger partial charge in [-0.25, -0.2) is 0 Å². The van der Waals surface area contributed by atoms with Crippen LogP contribution in [0.1, 0.15) is 23.0 Å². The van der Waals surface area contributed by atoms with Gasteiger partial charge in [-0.3, -0.25) is 14.3 Å². The number of piperazine rings is 1. The van der Waals surface area contributed by atoms with Crippen molar-refractivity contribution in [2.45, 2.75) is 13.8 Å². The van der Waals surface area contributed by atoms with Crippen molar-refractivity contribution in [3.63, 3.8) is 0 Å². The van der Waals surface area contributed by atoms with Gasteiger partial charge in [0.05, 0.1) is 12.8 Å². The fourth-order valence-corrected chi connectivity index (χ4v) is 3.27. The van der Waals surface area contributed by atoms with E-state index < -0.39 is 0 Å². The van der Waals surface area contributed by atoms with Crippen LogP contribution < -0.4 is 4.74 Å². The number of carbonyl (C=O) groups is 2. The topological polar surface area (TPSA) is 67.7 Å². The number of methoxy groups -OCH3 is 1. The molecule has 1 aliphatic rings. The number of aryl methyl sites for hydroxylation is 2. The van der Waals surface area contributed by atoms with Gasteiger partial charge in [-0.05, 0) is 36.8 Å². The molecular formula is C19H24N4O3. The van der Waals surface area contributed by atoms with E-state index in [1.165, 1.54) is 0 Å². The Hall–Kier alpha value is -2.83. The summed E-state index contributed by atoms with van der Waals surface area (Å²) in [5.74, 6) is 0.781. The van der Waals surface area contributed by atoms with Crippen LogP contribution in [-0.2, 0) is 11.8 Å². The van der Waals surface area contributed by atoms with Crippen LogP contribution in [-0.4, -0.2) is 64.7 Å². The summed E-state index contributed by atoms with van der Waals surface area (Å²) in [5, 5.41) is 4.40. The first-order valence-corrected chi connectivity index (χ1v) is 8.64. The zero-order chi connectivity index (χ0) is 18.8. The second kappa shape index (κ2) is 7.19. The van der Waals surface area contributed by atoms with E-state index in [2.05, 4.69) is 5.10 Å². The van der Waals surface area contributed by atoms with Crippen LogP contribution in [0, 0.1) is 6.92 Å². The van der Waals surface area contributed by atoms with Crippen LogP contribution in [0.4, 0.5) is 0 Å². The summed E-state index contributed by atoms with van der Waals surface area (Å²) >= 11 is 0. The molecule has 0 atom stereocenters. The van der Waals surface area contributed by atoms with Crippen LogP contribution in [0.25, 0.3) is 11.3 Å². The van der Waals surface area contributed by atoms with Crippen molar-refractivity contribution in [3.05, 3.63) is 35.5 Å². The van der Waals surface area contributed by atoms with Crippen LogP contribution in [0.5, 0.6) is 5.75 Å². The maximum absolute atomic E-state index is 12.8. The Morgan fingerprint density at radius 3 is 2.31 bits per heavy atom. The SMILES string of the molecule is COc1ccc(-c2cc(C(=O)N3CCN(C(C)=O)CC3)nn2C)cc1C. The molecule has 1 aliphatic heterocycles. The number of aromatic nitrogens is 2. The number of amides is 2. The van der Waals surface area contributed by atoms with Gasteiger partial charge >= 0.3 is 0 Å². The predicted molar refractivity (Wildman–Crippen MR) is 98.1 cm³/mol. The Balaban J connectivity index is 1.79. The van der Waals surface area contributed by atoms with Crippen LogP contribution in [0.2, 0.25) is 0 Å². The second-order valence-electron chi connectivity index (χ2n) is 6.52. The molecule has 2 amide bonds. The molecule has 0 radical (unpaired) electrons. The third-order valence-corrected chi connectivity index (χ3v) is 4.80. The lowest BCUT2D eigenvalue weighted by atomic mass is 10.1. The first-order chi connectivity index (χ1) is 12.4. The van der Waals surface area contributed by atoms with E-state index in [-0.39, 0.29) is 11.8 Å². The van der Waals surface area contributed by atoms with E-state index in [0.717, 1.165) is 22.6 Å². The second-order valence-corrected chi connectivity index (χ2v) is 6.52. The molecule has 1 aromatic carbocycles. The molecule has 7 heteroatoms. The van der Waals surface area contributed by atoms with Crippen LogP contribution >= 0.6 is 0 Å². The lowest BCUT2D eigenvalue weighted by Crippen LogP contribution is -2.50. The van der Waals surface area contributed by atoms with E-state index >= 15 is 0 Å². The fourth-order valence-electron chi connectivity index (χ4n) is 3.27. The first kappa shape index (κ1) is 18.0. The Morgan fingerprint density at radius 2 is 1.73 bits per heavy atom. The quantitative estimate of drug-likeness (QED) is 0.840. The zero-order valence-corrected chi connectivity index (χ0v) is 15.7. The van der Waals surface area contributed by atoms with E-state index in [1.54, 1.807) is 28.5 Å². The Kier molecular flexibility index (Phi) is 4.97. The van der Waals surface area contributed by atoms with Crippen LogP contribution in [0.15, 0.2) is 24.3 Å². The number of benzene rings is 1. The minimum atomic E-state index is -0.0970. The average Bonchev–Trinajstić information content (AvgIpc) is 3.02. The smallest absolute Gasteiger partial charge is 0.274 e. The first-order valence-electron chi connectivity index (χ1n) is 8.64. The van der Waals surface area contributed by atoms with Gasteiger partial charge in [0, 0.05) is 45.7 Å². The monoisotopic (exact) mass is 356 g/mol. The lowest BCUT2D eigenvalue weighted by Gasteiger charge is -2.33. The standard InChI is InChI=1S/C19H24N4O3/c1-13-11-15(5-6-18(13)26-4)17-12-16(20-21(17)3)19(25)23-9-7-22(8-10-23)14(2)24/h5-6,11-12H,7-10H2,1-4H3. The van der Waals surface area contributed by atoms with E-state index in [9.17, 15) is 9.59 Å². The van der Waals surface area contributed by atoms with Gasteiger partial charge in [0.2, 0.25) is 5.91 Å². The van der Waals surface area contributed by atoms with E-state index in [1.807, 2.05) is 38.2 Å². The summed E-state index contributed by atoms with van der Waals surface area (Å²) in [6.45, 7) is 5.74. The van der Waals surface area contributed by atoms with E-state index in [4.69, 9.17) is 4.74 Å². The number of rotatable bonds is 3. The van der Waals surface area contributed by atoms with Gasteiger partial charge in [0.1, 0.15) is 5.75 Å². The third-order valence-electron chi connectivity index (χ3n) is 4.80. The highest BCUT2D eigenvalue weighted by molar-refractivity contribution is 5.93. The highest BCUT2D eigenvalue weighted by Crippen LogP contribution is 2.26. The number of carbonyl (C=O) groups excluding carboxylic acids is 2. The Morgan fingerprint density at radius 1 is 1.08 bits per heavy atom. The maximum Gasteiger partial charge on any atom is 0.274 e. The Bertz CT molecular complexity index is 835. The highest BCUT2D eigenvalue weighted by atomic mass is 16.5. The molecule has 0 aliphatic carbocycles. The molecule has 2 heterocycles. The summed E-state index contributed by atoms with van der Waals surface area (Å²) in [6.07, 6.45) is 0. The van der Waals surface area contributed by atoms with Crippen molar-refractivity contribution in [1.29, 1.82) is 0 Å². The third kappa shape index (κ3) is 3.42.